The van der Waals surface area contributed by atoms with Crippen LogP contribution in [0, 0.1) is 0 Å². The maximum atomic E-state index is 12.8. The number of carbonyl (C=O) groups excluding carboxylic acids is 1. The number of nitrogens with one attached hydrogen (secondary N) is 2. The number of hydrogen-bond donors (Lipinski definition) is 3. The van der Waals surface area contributed by atoms with Gasteiger partial charge in [0.15, 0.2) is 0 Å². The molecule has 0 fully saturated rings. The molecule has 162 valence electrons. The topological polar surface area (TPSA) is 100 Å². The number of benzene rings is 1. The summed E-state index contributed by atoms with van der Waals surface area (Å²) < 4.78 is 0.528. The Kier molecular flexibility index (Phi) is 7.03. The van der Waals surface area contributed by atoms with E-state index in [1.807, 2.05) is 36.4 Å². The largest absolute Gasteiger partial charge is 0.507 e. The molecule has 4 rings (SSSR count). The van der Waals surface area contributed by atoms with Crippen molar-refractivity contribution in [2.45, 2.75) is 19.0 Å². The number of amides is 1. The van der Waals surface area contributed by atoms with Crippen LogP contribution in [-0.2, 0) is 6.54 Å². The van der Waals surface area contributed by atoms with Gasteiger partial charge in [0.05, 0.1) is 27.4 Å². The van der Waals surface area contributed by atoms with E-state index in [1.54, 1.807) is 36.7 Å². The molecule has 0 spiro atoms. The second-order valence-electron chi connectivity index (χ2n) is 7.23. The first-order valence-corrected chi connectivity index (χ1v) is 11.0. The first-order chi connectivity index (χ1) is 15.6. The van der Waals surface area contributed by atoms with Gasteiger partial charge in [0.1, 0.15) is 11.4 Å². The van der Waals surface area contributed by atoms with Crippen LogP contribution in [0.15, 0.2) is 77.5 Å². The lowest BCUT2D eigenvalue weighted by atomic mass is 10.1. The molecular weight excluding hydrogens is 470 g/mol. The zero-order valence-corrected chi connectivity index (χ0v) is 18.8. The van der Waals surface area contributed by atoms with Crippen LogP contribution in [0.3, 0.4) is 0 Å². The van der Waals surface area contributed by atoms with Crippen molar-refractivity contribution in [2.75, 3.05) is 6.54 Å². The summed E-state index contributed by atoms with van der Waals surface area (Å²) in [6.45, 7) is 1.27. The predicted octanol–water partition coefficient (Wildman–Crippen LogP) is 4.14. The van der Waals surface area contributed by atoms with Gasteiger partial charge in [0.25, 0.3) is 5.91 Å². The molecular formula is C24H22BrN5O2. The molecule has 0 radical (unpaired) electrons. The summed E-state index contributed by atoms with van der Waals surface area (Å²) >= 11 is 3.41. The van der Waals surface area contributed by atoms with Crippen molar-refractivity contribution in [3.63, 3.8) is 0 Å². The summed E-state index contributed by atoms with van der Waals surface area (Å²) in [6.07, 6.45) is 3.96. The smallest absolute Gasteiger partial charge is 0.270 e. The highest BCUT2D eigenvalue weighted by Gasteiger charge is 2.19. The molecule has 0 aliphatic rings. The molecule has 1 aromatic carbocycles. The van der Waals surface area contributed by atoms with E-state index in [0.29, 0.717) is 40.9 Å². The highest BCUT2D eigenvalue weighted by molar-refractivity contribution is 9.10. The van der Waals surface area contributed by atoms with Gasteiger partial charge in [-0.2, -0.15) is 0 Å². The van der Waals surface area contributed by atoms with Crippen LogP contribution < -0.4 is 10.6 Å². The minimum absolute atomic E-state index is 0.119. The summed E-state index contributed by atoms with van der Waals surface area (Å²) in [4.78, 5) is 26.0. The van der Waals surface area contributed by atoms with Crippen molar-refractivity contribution < 1.29 is 9.90 Å². The molecule has 0 unspecified atom stereocenters. The van der Waals surface area contributed by atoms with E-state index in [2.05, 4.69) is 36.5 Å². The Morgan fingerprint density at radius 3 is 2.53 bits per heavy atom. The number of aromatic hydroxyl groups is 1. The highest BCUT2D eigenvalue weighted by atomic mass is 79.9. The van der Waals surface area contributed by atoms with Gasteiger partial charge in [-0.25, -0.2) is 4.98 Å². The number of nitrogens with zero attached hydrogens (tertiary/aromatic N) is 3. The van der Waals surface area contributed by atoms with Gasteiger partial charge in [-0.15, -0.1) is 0 Å². The Hall–Kier alpha value is -3.36. The van der Waals surface area contributed by atoms with E-state index in [1.165, 1.54) is 0 Å². The zero-order chi connectivity index (χ0) is 22.3. The molecule has 4 aromatic rings. The van der Waals surface area contributed by atoms with Gasteiger partial charge in [-0.05, 0) is 71.4 Å². The minimum atomic E-state index is -0.348. The summed E-state index contributed by atoms with van der Waals surface area (Å²) in [6, 6.07) is 17.9. The van der Waals surface area contributed by atoms with Gasteiger partial charge in [0, 0.05) is 24.3 Å². The number of aromatic nitrogens is 3. The Balaban J connectivity index is 1.54. The SMILES string of the molecule is O=C(N[C@H](CCNCc1ccccn1)c1ccc2ccc(O)c(Br)c2n1)c1ccccn1. The maximum Gasteiger partial charge on any atom is 0.270 e. The van der Waals surface area contributed by atoms with E-state index in [9.17, 15) is 9.90 Å². The molecule has 8 heteroatoms. The Morgan fingerprint density at radius 2 is 1.78 bits per heavy atom. The van der Waals surface area contributed by atoms with Crippen LogP contribution in [0.1, 0.15) is 34.3 Å². The number of carbonyl (C=O) groups is 1. The zero-order valence-electron chi connectivity index (χ0n) is 17.2. The molecule has 0 aliphatic carbocycles. The van der Waals surface area contributed by atoms with Crippen LogP contribution in [-0.4, -0.2) is 32.5 Å². The van der Waals surface area contributed by atoms with Crippen molar-refractivity contribution in [1.82, 2.24) is 25.6 Å². The van der Waals surface area contributed by atoms with Gasteiger partial charge in [-0.1, -0.05) is 18.2 Å². The predicted molar refractivity (Wildman–Crippen MR) is 126 cm³/mol. The van der Waals surface area contributed by atoms with E-state index in [-0.39, 0.29) is 17.7 Å². The molecule has 3 heterocycles. The number of hydrogen-bond acceptors (Lipinski definition) is 6. The first kappa shape index (κ1) is 21.9. The van der Waals surface area contributed by atoms with Crippen LogP contribution in [0.4, 0.5) is 0 Å². The fourth-order valence-corrected chi connectivity index (χ4v) is 3.79. The van der Waals surface area contributed by atoms with Crippen LogP contribution in [0.5, 0.6) is 5.75 Å². The van der Waals surface area contributed by atoms with E-state index in [0.717, 1.165) is 11.1 Å². The van der Waals surface area contributed by atoms with Crippen molar-refractivity contribution in [3.8, 4) is 5.75 Å². The second kappa shape index (κ2) is 10.3. The van der Waals surface area contributed by atoms with Gasteiger partial charge in [0.2, 0.25) is 0 Å². The second-order valence-corrected chi connectivity index (χ2v) is 8.03. The summed E-state index contributed by atoms with van der Waals surface area (Å²) in [5, 5.41) is 17.3. The average Bonchev–Trinajstić information content (AvgIpc) is 2.84. The molecule has 3 N–H and O–H groups in total. The van der Waals surface area contributed by atoms with E-state index >= 15 is 0 Å². The molecule has 0 aliphatic heterocycles. The third kappa shape index (κ3) is 5.27. The minimum Gasteiger partial charge on any atom is -0.507 e. The molecule has 0 bridgehead atoms. The number of rotatable bonds is 8. The number of phenolic OH excluding ortho intramolecular Hbond substituents is 1. The lowest BCUT2D eigenvalue weighted by molar-refractivity contribution is 0.0928. The van der Waals surface area contributed by atoms with Crippen LogP contribution >= 0.6 is 15.9 Å². The van der Waals surface area contributed by atoms with Crippen LogP contribution in [0.25, 0.3) is 10.9 Å². The average molecular weight is 492 g/mol. The van der Waals surface area contributed by atoms with Crippen molar-refractivity contribution >= 4 is 32.7 Å². The van der Waals surface area contributed by atoms with Gasteiger partial charge >= 0.3 is 0 Å². The summed E-state index contributed by atoms with van der Waals surface area (Å²) in [5.41, 5.74) is 2.64. The molecule has 32 heavy (non-hydrogen) atoms. The number of halogens is 1. The van der Waals surface area contributed by atoms with Crippen LogP contribution in [0.2, 0.25) is 0 Å². The fraction of sp³-hybridized carbons (Fsp3) is 0.167. The number of phenols is 1. The van der Waals surface area contributed by atoms with E-state index < -0.39 is 0 Å². The number of pyridine rings is 3. The van der Waals surface area contributed by atoms with Crippen molar-refractivity contribution in [1.29, 1.82) is 0 Å². The third-order valence-corrected chi connectivity index (χ3v) is 5.79. The third-order valence-electron chi connectivity index (χ3n) is 5.00. The maximum absolute atomic E-state index is 12.8. The lowest BCUT2D eigenvalue weighted by Crippen LogP contribution is -2.32. The van der Waals surface area contributed by atoms with Crippen molar-refractivity contribution in [2.24, 2.45) is 0 Å². The quantitative estimate of drug-likeness (QED) is 0.320. The molecule has 0 saturated heterocycles. The standard InChI is InChI=1S/C24H22BrN5O2/c25-22-21(31)10-8-16-7-9-18(29-23(16)22)19(30-24(32)20-6-2-4-13-28-20)11-14-26-15-17-5-1-3-12-27-17/h1-10,12-13,19,26,31H,11,14-15H2,(H,30,32)/t19-/m1/s1. The highest BCUT2D eigenvalue weighted by Crippen LogP contribution is 2.32. The fourth-order valence-electron chi connectivity index (χ4n) is 3.34. The first-order valence-electron chi connectivity index (χ1n) is 10.2. The summed E-state index contributed by atoms with van der Waals surface area (Å²) in [7, 11) is 0. The Labute approximate surface area is 194 Å². The molecule has 1 atom stereocenters. The number of fused-ring (bicyclic) bond motifs is 1. The molecule has 0 saturated carbocycles. The summed E-state index contributed by atoms with van der Waals surface area (Å²) in [5.74, 6) is -0.148. The Bertz CT molecular complexity index is 1210. The van der Waals surface area contributed by atoms with E-state index in [4.69, 9.17) is 4.98 Å². The normalized spacial score (nSPS) is 11.9. The lowest BCUT2D eigenvalue weighted by Gasteiger charge is -2.19. The van der Waals surface area contributed by atoms with Gasteiger partial charge < -0.3 is 15.7 Å². The molecule has 7 nitrogen and oxygen atoms in total. The molecule has 1 amide bonds. The van der Waals surface area contributed by atoms with Gasteiger partial charge in [-0.3, -0.25) is 14.8 Å². The Morgan fingerprint density at radius 1 is 1.00 bits per heavy atom. The van der Waals surface area contributed by atoms with Crippen molar-refractivity contribution in [3.05, 3.63) is 94.6 Å². The monoisotopic (exact) mass is 491 g/mol. The molecule has 3 aromatic heterocycles.